The van der Waals surface area contributed by atoms with Crippen LogP contribution in [0.1, 0.15) is 13.8 Å². The highest BCUT2D eigenvalue weighted by Gasteiger charge is 2.06. The highest BCUT2D eigenvalue weighted by molar-refractivity contribution is 8.12. The molecule has 0 bridgehead atoms. The van der Waals surface area contributed by atoms with Gasteiger partial charge in [0.1, 0.15) is 0 Å². The smallest absolute Gasteiger partial charge is 0.273 e. The normalized spacial score (nSPS) is 9.45. The zero-order valence-electron chi connectivity index (χ0n) is 6.80. The van der Waals surface area contributed by atoms with Crippen molar-refractivity contribution >= 4 is 22.9 Å². The van der Waals surface area contributed by atoms with Gasteiger partial charge in [0, 0.05) is 5.92 Å². The van der Waals surface area contributed by atoms with E-state index in [0.29, 0.717) is 0 Å². The Labute approximate surface area is 70.1 Å². The third kappa shape index (κ3) is 4.66. The lowest BCUT2D eigenvalue weighted by molar-refractivity contribution is -0.124. The second kappa shape index (κ2) is 5.01. The first kappa shape index (κ1) is 10.3. The van der Waals surface area contributed by atoms with Gasteiger partial charge in [0.2, 0.25) is 5.91 Å². The Hall–Kier alpha value is -0.710. The van der Waals surface area contributed by atoms with Gasteiger partial charge in [-0.3, -0.25) is 20.4 Å². The number of hydrogen-bond donors (Lipinski definition) is 2. The second-order valence-corrected chi connectivity index (χ2v) is 3.04. The molecule has 0 aromatic rings. The Morgan fingerprint density at radius 3 is 2.18 bits per heavy atom. The Bertz CT molecular complexity index is 159. The zero-order chi connectivity index (χ0) is 8.85. The fourth-order valence-electron chi connectivity index (χ4n) is 0.308. The van der Waals surface area contributed by atoms with Crippen molar-refractivity contribution in [1.29, 1.82) is 0 Å². The molecular weight excluding hydrogens is 164 g/mol. The van der Waals surface area contributed by atoms with E-state index in [9.17, 15) is 9.59 Å². The minimum Gasteiger partial charge on any atom is -0.273 e. The van der Waals surface area contributed by atoms with E-state index in [0.717, 1.165) is 11.8 Å². The molecule has 0 saturated carbocycles. The molecule has 64 valence electrons. The number of amides is 2. The van der Waals surface area contributed by atoms with Crippen molar-refractivity contribution in [3.05, 3.63) is 0 Å². The summed E-state index contributed by atoms with van der Waals surface area (Å²) in [5.41, 5.74) is 4.51. The zero-order valence-corrected chi connectivity index (χ0v) is 7.62. The van der Waals surface area contributed by atoms with Gasteiger partial charge in [-0.05, 0) is 6.26 Å². The predicted molar refractivity (Wildman–Crippen MR) is 45.0 cm³/mol. The number of rotatable bonds is 1. The molecule has 5 heteroatoms. The van der Waals surface area contributed by atoms with Crippen LogP contribution in [0.4, 0.5) is 4.79 Å². The summed E-state index contributed by atoms with van der Waals surface area (Å²) in [5.74, 6) is -0.301. The number of carbonyl (C=O) groups is 2. The Balaban J connectivity index is 3.54. The van der Waals surface area contributed by atoms with Crippen LogP contribution in [-0.4, -0.2) is 17.4 Å². The molecule has 0 aromatic carbocycles. The van der Waals surface area contributed by atoms with Crippen LogP contribution < -0.4 is 10.9 Å². The van der Waals surface area contributed by atoms with E-state index < -0.39 is 0 Å². The van der Waals surface area contributed by atoms with Crippen molar-refractivity contribution in [2.24, 2.45) is 5.92 Å². The molecule has 0 spiro atoms. The summed E-state index contributed by atoms with van der Waals surface area (Å²) in [6.07, 6.45) is 1.64. The standard InChI is InChI=1S/C6H12N2O2S/c1-4(2)5(9)7-8-6(10)11-3/h4H,1-3H3,(H,7,9)(H,8,10). The van der Waals surface area contributed by atoms with Crippen LogP contribution >= 0.6 is 11.8 Å². The van der Waals surface area contributed by atoms with E-state index in [1.165, 1.54) is 0 Å². The lowest BCUT2D eigenvalue weighted by atomic mass is 10.2. The minimum atomic E-state index is -0.265. The van der Waals surface area contributed by atoms with Gasteiger partial charge in [-0.1, -0.05) is 25.6 Å². The summed E-state index contributed by atoms with van der Waals surface area (Å²) in [6, 6.07) is 0. The van der Waals surface area contributed by atoms with Crippen LogP contribution in [0.2, 0.25) is 0 Å². The molecule has 0 radical (unpaired) electrons. The summed E-state index contributed by atoms with van der Waals surface area (Å²) in [7, 11) is 0. The maximum atomic E-state index is 10.8. The molecule has 0 saturated heterocycles. The first-order valence-electron chi connectivity index (χ1n) is 3.21. The van der Waals surface area contributed by atoms with E-state index in [1.54, 1.807) is 20.1 Å². The van der Waals surface area contributed by atoms with E-state index in [1.807, 2.05) is 0 Å². The molecule has 2 amide bonds. The SMILES string of the molecule is CSC(=O)NNC(=O)C(C)C. The first-order valence-corrected chi connectivity index (χ1v) is 4.44. The van der Waals surface area contributed by atoms with Gasteiger partial charge in [0.05, 0.1) is 0 Å². The Morgan fingerprint density at radius 1 is 1.27 bits per heavy atom. The van der Waals surface area contributed by atoms with E-state index in [-0.39, 0.29) is 17.1 Å². The van der Waals surface area contributed by atoms with Crippen molar-refractivity contribution in [2.45, 2.75) is 13.8 Å². The molecule has 0 fully saturated rings. The molecule has 4 nitrogen and oxygen atoms in total. The maximum absolute atomic E-state index is 10.8. The summed E-state index contributed by atoms with van der Waals surface area (Å²) in [5, 5.41) is -0.265. The van der Waals surface area contributed by atoms with Crippen LogP contribution in [0.3, 0.4) is 0 Å². The summed E-state index contributed by atoms with van der Waals surface area (Å²) in [4.78, 5) is 21.4. The second-order valence-electron chi connectivity index (χ2n) is 2.26. The van der Waals surface area contributed by atoms with Gasteiger partial charge < -0.3 is 0 Å². The van der Waals surface area contributed by atoms with Crippen molar-refractivity contribution in [2.75, 3.05) is 6.26 Å². The summed E-state index contributed by atoms with van der Waals surface area (Å²) in [6.45, 7) is 3.50. The third-order valence-electron chi connectivity index (χ3n) is 0.998. The van der Waals surface area contributed by atoms with E-state index in [4.69, 9.17) is 0 Å². The molecule has 0 atom stereocenters. The number of hydrazine groups is 1. The van der Waals surface area contributed by atoms with Gasteiger partial charge in [0.25, 0.3) is 5.24 Å². The molecule has 0 heterocycles. The van der Waals surface area contributed by atoms with Gasteiger partial charge >= 0.3 is 0 Å². The number of carbonyl (C=O) groups excluding carboxylic acids is 2. The van der Waals surface area contributed by atoms with Crippen LogP contribution in [0.15, 0.2) is 0 Å². The fourth-order valence-corrected chi connectivity index (χ4v) is 0.461. The van der Waals surface area contributed by atoms with E-state index >= 15 is 0 Å². The topological polar surface area (TPSA) is 58.2 Å². The summed E-state index contributed by atoms with van der Waals surface area (Å²) < 4.78 is 0. The minimum absolute atomic E-state index is 0.114. The van der Waals surface area contributed by atoms with Crippen molar-refractivity contribution in [3.8, 4) is 0 Å². The first-order chi connectivity index (χ1) is 5.07. The molecular formula is C6H12N2O2S. The lowest BCUT2D eigenvalue weighted by Gasteiger charge is -2.06. The van der Waals surface area contributed by atoms with Gasteiger partial charge in [0.15, 0.2) is 0 Å². The Morgan fingerprint density at radius 2 is 1.82 bits per heavy atom. The van der Waals surface area contributed by atoms with Crippen molar-refractivity contribution in [3.63, 3.8) is 0 Å². The molecule has 0 aliphatic rings. The van der Waals surface area contributed by atoms with Crippen LogP contribution in [0.5, 0.6) is 0 Å². The van der Waals surface area contributed by atoms with Gasteiger partial charge in [-0.2, -0.15) is 0 Å². The highest BCUT2D eigenvalue weighted by atomic mass is 32.2. The molecule has 0 aliphatic heterocycles. The molecule has 2 N–H and O–H groups in total. The quantitative estimate of drug-likeness (QED) is 0.579. The van der Waals surface area contributed by atoms with Crippen LogP contribution in [0.25, 0.3) is 0 Å². The van der Waals surface area contributed by atoms with Crippen molar-refractivity contribution < 1.29 is 9.59 Å². The van der Waals surface area contributed by atoms with Crippen molar-refractivity contribution in [1.82, 2.24) is 10.9 Å². The highest BCUT2D eigenvalue weighted by Crippen LogP contribution is 1.92. The Kier molecular flexibility index (Phi) is 4.69. The average molecular weight is 176 g/mol. The summed E-state index contributed by atoms with van der Waals surface area (Å²) >= 11 is 1.01. The number of nitrogens with one attached hydrogen (secondary N) is 2. The molecule has 11 heavy (non-hydrogen) atoms. The molecule has 0 unspecified atom stereocenters. The number of thioether (sulfide) groups is 1. The van der Waals surface area contributed by atoms with E-state index in [2.05, 4.69) is 10.9 Å². The third-order valence-corrected chi connectivity index (χ3v) is 1.47. The fraction of sp³-hybridized carbons (Fsp3) is 0.667. The lowest BCUT2D eigenvalue weighted by Crippen LogP contribution is -2.41. The average Bonchev–Trinajstić information content (AvgIpc) is 1.99. The predicted octanol–water partition coefficient (Wildman–Crippen LogP) is 0.746. The molecule has 0 aliphatic carbocycles. The molecule has 0 aromatic heterocycles. The van der Waals surface area contributed by atoms with Gasteiger partial charge in [-0.25, -0.2) is 0 Å². The molecule has 0 rings (SSSR count). The number of hydrogen-bond acceptors (Lipinski definition) is 3. The monoisotopic (exact) mass is 176 g/mol. The van der Waals surface area contributed by atoms with Crippen LogP contribution in [0, 0.1) is 5.92 Å². The van der Waals surface area contributed by atoms with Crippen LogP contribution in [-0.2, 0) is 4.79 Å². The maximum Gasteiger partial charge on any atom is 0.297 e. The van der Waals surface area contributed by atoms with Gasteiger partial charge in [-0.15, -0.1) is 0 Å². The largest absolute Gasteiger partial charge is 0.297 e.